The van der Waals surface area contributed by atoms with E-state index in [4.69, 9.17) is 16.3 Å². The van der Waals surface area contributed by atoms with Crippen LogP contribution in [0.4, 0.5) is 5.69 Å². The minimum Gasteiger partial charge on any atom is -0.490 e. The number of benzene rings is 1. The van der Waals surface area contributed by atoms with E-state index in [9.17, 15) is 10.1 Å². The Bertz CT molecular complexity index is 688. The van der Waals surface area contributed by atoms with Gasteiger partial charge in [0.2, 0.25) is 0 Å². The van der Waals surface area contributed by atoms with Gasteiger partial charge in [0, 0.05) is 5.02 Å². The molecule has 0 aliphatic carbocycles. The van der Waals surface area contributed by atoms with Crippen molar-refractivity contribution in [2.45, 2.75) is 20.4 Å². The fourth-order valence-electron chi connectivity index (χ4n) is 2.00. The topological polar surface area (TPSA) is 70.2 Å². The second-order valence-corrected chi connectivity index (χ2v) is 5.71. The third kappa shape index (κ3) is 3.54. The predicted molar refractivity (Wildman–Crippen MR) is 83.0 cm³/mol. The molecule has 112 valence electrons. The summed E-state index contributed by atoms with van der Waals surface area (Å²) in [6, 6.07) is 5.23. The van der Waals surface area contributed by atoms with E-state index in [2.05, 4.69) is 21.0 Å². The molecule has 0 spiro atoms. The van der Waals surface area contributed by atoms with Crippen molar-refractivity contribution in [3.63, 3.8) is 0 Å². The van der Waals surface area contributed by atoms with Crippen molar-refractivity contribution >= 4 is 33.2 Å². The summed E-state index contributed by atoms with van der Waals surface area (Å²) in [5, 5.41) is 15.7. The van der Waals surface area contributed by atoms with Crippen molar-refractivity contribution in [2.75, 3.05) is 6.61 Å². The van der Waals surface area contributed by atoms with Gasteiger partial charge in [-0.1, -0.05) is 11.6 Å². The maximum atomic E-state index is 10.9. The second kappa shape index (κ2) is 6.44. The lowest BCUT2D eigenvalue weighted by Gasteiger charge is -2.09. The fourth-order valence-corrected chi connectivity index (χ4v) is 2.80. The van der Waals surface area contributed by atoms with E-state index in [1.165, 1.54) is 0 Å². The molecule has 0 saturated carbocycles. The Morgan fingerprint density at radius 3 is 2.76 bits per heavy atom. The Hall–Kier alpha value is -1.60. The number of aryl methyl sites for hydroxylation is 1. The first-order chi connectivity index (χ1) is 9.90. The van der Waals surface area contributed by atoms with Gasteiger partial charge >= 0.3 is 5.69 Å². The maximum Gasteiger partial charge on any atom is 0.312 e. The molecule has 0 saturated heterocycles. The average molecular weight is 375 g/mol. The molecule has 0 aliphatic rings. The molecular formula is C13H13BrClN3O3. The third-order valence-electron chi connectivity index (χ3n) is 2.98. The van der Waals surface area contributed by atoms with Gasteiger partial charge in [-0.25, -0.2) is 0 Å². The minimum absolute atomic E-state index is 0.0580. The molecule has 2 rings (SSSR count). The second-order valence-electron chi connectivity index (χ2n) is 4.42. The first kappa shape index (κ1) is 15.8. The molecule has 1 aromatic carbocycles. The normalized spacial score (nSPS) is 10.7. The Morgan fingerprint density at radius 1 is 1.48 bits per heavy atom. The summed E-state index contributed by atoms with van der Waals surface area (Å²) in [6.45, 7) is 4.07. The Balaban J connectivity index is 2.04. The van der Waals surface area contributed by atoms with Crippen LogP contribution in [0.15, 0.2) is 22.7 Å². The number of hydrogen-bond acceptors (Lipinski definition) is 4. The summed E-state index contributed by atoms with van der Waals surface area (Å²) in [5.74, 6) is 0.662. The van der Waals surface area contributed by atoms with Crippen molar-refractivity contribution in [1.29, 1.82) is 0 Å². The highest BCUT2D eigenvalue weighted by molar-refractivity contribution is 9.10. The van der Waals surface area contributed by atoms with Gasteiger partial charge in [-0.05, 0) is 48.0 Å². The molecule has 0 N–H and O–H groups in total. The van der Waals surface area contributed by atoms with Gasteiger partial charge in [0.05, 0.1) is 15.9 Å². The Morgan fingerprint density at radius 2 is 2.19 bits per heavy atom. The third-order valence-corrected chi connectivity index (χ3v) is 3.84. The van der Waals surface area contributed by atoms with E-state index in [-0.39, 0.29) is 5.69 Å². The smallest absolute Gasteiger partial charge is 0.312 e. The minimum atomic E-state index is -0.412. The van der Waals surface area contributed by atoms with E-state index in [0.29, 0.717) is 35.3 Å². The number of aromatic nitrogens is 2. The highest BCUT2D eigenvalue weighted by atomic mass is 79.9. The fraction of sp³-hybridized carbons (Fsp3) is 0.308. The van der Waals surface area contributed by atoms with Crippen molar-refractivity contribution in [3.05, 3.63) is 49.2 Å². The molecule has 0 unspecified atom stereocenters. The van der Waals surface area contributed by atoms with Gasteiger partial charge in [0.1, 0.15) is 23.7 Å². The van der Waals surface area contributed by atoms with Gasteiger partial charge in [0.25, 0.3) is 0 Å². The first-order valence-electron chi connectivity index (χ1n) is 6.16. The molecule has 2 aromatic rings. The van der Waals surface area contributed by atoms with Crippen LogP contribution in [0.1, 0.15) is 11.4 Å². The zero-order valence-electron chi connectivity index (χ0n) is 11.5. The van der Waals surface area contributed by atoms with Crippen LogP contribution < -0.4 is 4.74 Å². The Kier molecular flexibility index (Phi) is 4.84. The van der Waals surface area contributed by atoms with Gasteiger partial charge < -0.3 is 4.74 Å². The molecule has 21 heavy (non-hydrogen) atoms. The maximum absolute atomic E-state index is 10.9. The van der Waals surface area contributed by atoms with Crippen LogP contribution in [0.25, 0.3) is 0 Å². The lowest BCUT2D eigenvalue weighted by atomic mass is 10.3. The molecular weight excluding hydrogens is 362 g/mol. The van der Waals surface area contributed by atoms with E-state index in [0.717, 1.165) is 4.47 Å². The molecule has 0 aliphatic heterocycles. The van der Waals surface area contributed by atoms with Crippen LogP contribution in [0.5, 0.6) is 5.75 Å². The number of halogens is 2. The standard InChI is InChI=1S/C13H13BrClN3O3/c1-8-13(18(19)20)9(2)17(16-8)5-6-21-12-4-3-10(15)7-11(12)14/h3-4,7H,5-6H2,1-2H3. The monoisotopic (exact) mass is 373 g/mol. The summed E-state index contributed by atoms with van der Waals surface area (Å²) in [4.78, 5) is 10.5. The van der Waals surface area contributed by atoms with Crippen molar-refractivity contribution < 1.29 is 9.66 Å². The summed E-state index contributed by atoms with van der Waals surface area (Å²) in [7, 11) is 0. The van der Waals surface area contributed by atoms with E-state index in [1.807, 2.05) is 0 Å². The molecule has 8 heteroatoms. The molecule has 0 radical (unpaired) electrons. The Labute approximate surface area is 134 Å². The highest BCUT2D eigenvalue weighted by Gasteiger charge is 2.21. The van der Waals surface area contributed by atoms with Crippen molar-refractivity contribution in [3.8, 4) is 5.75 Å². The number of nitro groups is 1. The van der Waals surface area contributed by atoms with Gasteiger partial charge in [-0.15, -0.1) is 0 Å². The van der Waals surface area contributed by atoms with Crippen LogP contribution in [0.2, 0.25) is 5.02 Å². The first-order valence-corrected chi connectivity index (χ1v) is 7.33. The molecule has 6 nitrogen and oxygen atoms in total. The van der Waals surface area contributed by atoms with Crippen LogP contribution in [-0.2, 0) is 6.54 Å². The molecule has 1 aromatic heterocycles. The summed E-state index contributed by atoms with van der Waals surface area (Å²) < 4.78 is 7.96. The quantitative estimate of drug-likeness (QED) is 0.588. The lowest BCUT2D eigenvalue weighted by Crippen LogP contribution is -2.11. The van der Waals surface area contributed by atoms with Crippen LogP contribution in [-0.4, -0.2) is 21.3 Å². The number of nitrogens with zero attached hydrogens (tertiary/aromatic N) is 3. The summed E-state index contributed by atoms with van der Waals surface area (Å²) in [5.41, 5.74) is 0.990. The van der Waals surface area contributed by atoms with E-state index >= 15 is 0 Å². The van der Waals surface area contributed by atoms with Gasteiger partial charge in [-0.2, -0.15) is 5.10 Å². The van der Waals surface area contributed by atoms with Crippen LogP contribution in [0.3, 0.4) is 0 Å². The molecule has 0 fully saturated rings. The predicted octanol–water partition coefficient (Wildman–Crippen LogP) is 3.90. The largest absolute Gasteiger partial charge is 0.490 e. The van der Waals surface area contributed by atoms with Crippen molar-refractivity contribution in [1.82, 2.24) is 9.78 Å². The summed E-state index contributed by atoms with van der Waals surface area (Å²) in [6.07, 6.45) is 0. The van der Waals surface area contributed by atoms with Crippen molar-refractivity contribution in [2.24, 2.45) is 0 Å². The molecule has 0 amide bonds. The SMILES string of the molecule is Cc1nn(CCOc2ccc(Cl)cc2Br)c(C)c1[N+](=O)[O-]. The number of rotatable bonds is 5. The van der Waals surface area contributed by atoms with Crippen LogP contribution >= 0.6 is 27.5 Å². The van der Waals surface area contributed by atoms with E-state index in [1.54, 1.807) is 36.7 Å². The lowest BCUT2D eigenvalue weighted by molar-refractivity contribution is -0.386. The highest BCUT2D eigenvalue weighted by Crippen LogP contribution is 2.28. The number of hydrogen-bond donors (Lipinski definition) is 0. The molecule has 0 atom stereocenters. The van der Waals surface area contributed by atoms with E-state index < -0.39 is 4.92 Å². The molecule has 1 heterocycles. The zero-order valence-corrected chi connectivity index (χ0v) is 13.8. The van der Waals surface area contributed by atoms with Gasteiger partial charge in [0.15, 0.2) is 0 Å². The average Bonchev–Trinajstić information content (AvgIpc) is 2.67. The summed E-state index contributed by atoms with van der Waals surface area (Å²) >= 11 is 9.22. The number of ether oxygens (including phenoxy) is 1. The van der Waals surface area contributed by atoms with Gasteiger partial charge in [-0.3, -0.25) is 14.8 Å². The van der Waals surface area contributed by atoms with Crippen LogP contribution in [0, 0.1) is 24.0 Å². The zero-order chi connectivity index (χ0) is 15.6. The molecule has 0 bridgehead atoms.